The van der Waals surface area contributed by atoms with E-state index >= 15 is 0 Å². The van der Waals surface area contributed by atoms with Gasteiger partial charge in [0.1, 0.15) is 0 Å². The molecule has 0 bridgehead atoms. The molecule has 2 rings (SSSR count). The highest BCUT2D eigenvalue weighted by Crippen LogP contribution is 2.20. The minimum Gasteiger partial charge on any atom is -0.381 e. The topological polar surface area (TPSA) is 24.5 Å². The van der Waals surface area contributed by atoms with Crippen molar-refractivity contribution in [2.75, 3.05) is 38.8 Å². The first kappa shape index (κ1) is 13.4. The van der Waals surface area contributed by atoms with Crippen LogP contribution in [0.1, 0.15) is 12.0 Å². The lowest BCUT2D eigenvalue weighted by Gasteiger charge is -2.29. The second-order valence-corrected chi connectivity index (χ2v) is 5.23. The molecule has 2 atom stereocenters. The predicted octanol–water partition coefficient (Wildman–Crippen LogP) is 2.06. The van der Waals surface area contributed by atoms with Crippen molar-refractivity contribution < 1.29 is 4.74 Å². The zero-order valence-electron chi connectivity index (χ0n) is 11.6. The van der Waals surface area contributed by atoms with Gasteiger partial charge in [-0.1, -0.05) is 17.7 Å². The summed E-state index contributed by atoms with van der Waals surface area (Å²) in [5.41, 5.74) is 2.58. The molecule has 1 N–H and O–H groups in total. The first-order valence-corrected chi connectivity index (χ1v) is 6.73. The molecule has 100 valence electrons. The molecule has 0 aliphatic carbocycles. The molecule has 2 unspecified atom stereocenters. The van der Waals surface area contributed by atoms with Crippen molar-refractivity contribution in [1.29, 1.82) is 0 Å². The number of hydrogen-bond donors (Lipinski definition) is 1. The van der Waals surface area contributed by atoms with Gasteiger partial charge in [-0.2, -0.15) is 0 Å². The fraction of sp³-hybridized carbons (Fsp3) is 0.600. The molecule has 0 spiro atoms. The predicted molar refractivity (Wildman–Crippen MR) is 76.2 cm³/mol. The Labute approximate surface area is 110 Å². The van der Waals surface area contributed by atoms with E-state index in [9.17, 15) is 0 Å². The normalized spacial score (nSPS) is 20.9. The molecule has 0 aromatic heterocycles. The van der Waals surface area contributed by atoms with Gasteiger partial charge in [-0.05, 0) is 32.5 Å². The number of hydrogen-bond acceptors (Lipinski definition) is 3. The third-order valence-electron chi connectivity index (χ3n) is 3.85. The maximum atomic E-state index is 5.48. The summed E-state index contributed by atoms with van der Waals surface area (Å²) < 4.78 is 5.48. The second-order valence-electron chi connectivity index (χ2n) is 5.23. The molecule has 1 aromatic rings. The Morgan fingerprint density at radius 3 is 2.67 bits per heavy atom. The van der Waals surface area contributed by atoms with Crippen LogP contribution in [0.2, 0.25) is 0 Å². The van der Waals surface area contributed by atoms with Crippen LogP contribution < -0.4 is 10.2 Å². The van der Waals surface area contributed by atoms with Crippen molar-refractivity contribution in [3.8, 4) is 0 Å². The molecule has 18 heavy (non-hydrogen) atoms. The van der Waals surface area contributed by atoms with E-state index in [-0.39, 0.29) is 0 Å². The summed E-state index contributed by atoms with van der Waals surface area (Å²) in [6.45, 7) is 4.95. The van der Waals surface area contributed by atoms with Crippen LogP contribution in [0.3, 0.4) is 0 Å². The Balaban J connectivity index is 1.96. The molecule has 3 heteroatoms. The molecule has 0 saturated carbocycles. The van der Waals surface area contributed by atoms with Crippen LogP contribution in [-0.4, -0.2) is 39.9 Å². The highest BCUT2D eigenvalue weighted by molar-refractivity contribution is 5.46. The summed E-state index contributed by atoms with van der Waals surface area (Å²) in [6.07, 6.45) is 1.17. The van der Waals surface area contributed by atoms with Gasteiger partial charge in [0.05, 0.1) is 6.61 Å². The highest BCUT2D eigenvalue weighted by atomic mass is 16.5. The SMILES string of the molecule is CNC(CN(C)c1ccc(C)cc1)C1CCOC1. The van der Waals surface area contributed by atoms with Gasteiger partial charge in [0, 0.05) is 37.8 Å². The molecule has 0 radical (unpaired) electrons. The fourth-order valence-electron chi connectivity index (χ4n) is 2.55. The summed E-state index contributed by atoms with van der Waals surface area (Å²) in [7, 11) is 4.21. The van der Waals surface area contributed by atoms with Crippen molar-refractivity contribution in [2.24, 2.45) is 5.92 Å². The van der Waals surface area contributed by atoms with E-state index in [1.807, 2.05) is 7.05 Å². The highest BCUT2D eigenvalue weighted by Gasteiger charge is 2.25. The fourth-order valence-corrected chi connectivity index (χ4v) is 2.55. The first-order valence-electron chi connectivity index (χ1n) is 6.73. The molecule has 0 amide bonds. The lowest BCUT2D eigenvalue weighted by atomic mass is 9.98. The lowest BCUT2D eigenvalue weighted by Crippen LogP contribution is -2.43. The molecular formula is C15H24N2O. The van der Waals surface area contributed by atoms with Gasteiger partial charge >= 0.3 is 0 Å². The minimum atomic E-state index is 0.499. The van der Waals surface area contributed by atoms with E-state index in [4.69, 9.17) is 4.74 Å². The Hall–Kier alpha value is -1.06. The zero-order chi connectivity index (χ0) is 13.0. The number of benzene rings is 1. The number of anilines is 1. The lowest BCUT2D eigenvalue weighted by molar-refractivity contribution is 0.178. The van der Waals surface area contributed by atoms with Crippen molar-refractivity contribution in [2.45, 2.75) is 19.4 Å². The van der Waals surface area contributed by atoms with E-state index in [1.165, 1.54) is 17.7 Å². The van der Waals surface area contributed by atoms with Crippen molar-refractivity contribution in [3.05, 3.63) is 29.8 Å². The van der Waals surface area contributed by atoms with Gasteiger partial charge in [0.2, 0.25) is 0 Å². The number of ether oxygens (including phenoxy) is 1. The average molecular weight is 248 g/mol. The van der Waals surface area contributed by atoms with Gasteiger partial charge in [-0.3, -0.25) is 0 Å². The van der Waals surface area contributed by atoms with Crippen LogP contribution in [0.25, 0.3) is 0 Å². The maximum Gasteiger partial charge on any atom is 0.0510 e. The van der Waals surface area contributed by atoms with Gasteiger partial charge < -0.3 is 15.0 Å². The molecule has 1 aromatic carbocycles. The number of nitrogens with one attached hydrogen (secondary N) is 1. The quantitative estimate of drug-likeness (QED) is 0.863. The monoisotopic (exact) mass is 248 g/mol. The Morgan fingerprint density at radius 1 is 1.39 bits per heavy atom. The van der Waals surface area contributed by atoms with Gasteiger partial charge in [0.15, 0.2) is 0 Å². The first-order chi connectivity index (χ1) is 8.70. The number of rotatable bonds is 5. The van der Waals surface area contributed by atoms with Gasteiger partial charge in [-0.25, -0.2) is 0 Å². The van der Waals surface area contributed by atoms with Crippen LogP contribution in [-0.2, 0) is 4.74 Å². The van der Waals surface area contributed by atoms with E-state index < -0.39 is 0 Å². The molecule has 1 fully saturated rings. The van der Waals surface area contributed by atoms with E-state index in [1.54, 1.807) is 0 Å². The van der Waals surface area contributed by atoms with Gasteiger partial charge in [-0.15, -0.1) is 0 Å². The summed E-state index contributed by atoms with van der Waals surface area (Å²) in [5.74, 6) is 0.642. The van der Waals surface area contributed by atoms with Crippen molar-refractivity contribution >= 4 is 5.69 Å². The summed E-state index contributed by atoms with van der Waals surface area (Å²) in [5, 5.41) is 3.43. The van der Waals surface area contributed by atoms with E-state index in [0.29, 0.717) is 12.0 Å². The Morgan fingerprint density at radius 2 is 2.11 bits per heavy atom. The van der Waals surface area contributed by atoms with Crippen LogP contribution in [0.5, 0.6) is 0 Å². The van der Waals surface area contributed by atoms with E-state index in [2.05, 4.69) is 48.5 Å². The number of aryl methyl sites for hydroxylation is 1. The second kappa shape index (κ2) is 6.21. The van der Waals surface area contributed by atoms with Crippen molar-refractivity contribution in [1.82, 2.24) is 5.32 Å². The third-order valence-corrected chi connectivity index (χ3v) is 3.85. The Bertz CT molecular complexity index is 357. The minimum absolute atomic E-state index is 0.499. The molecule has 1 saturated heterocycles. The standard InChI is InChI=1S/C15H24N2O/c1-12-4-6-14(7-5-12)17(3)10-15(16-2)13-8-9-18-11-13/h4-7,13,15-16H,8-11H2,1-3H3. The molecule has 3 nitrogen and oxygen atoms in total. The molecule has 1 aliphatic heterocycles. The van der Waals surface area contributed by atoms with Crippen molar-refractivity contribution in [3.63, 3.8) is 0 Å². The van der Waals surface area contributed by atoms with Crippen LogP contribution >= 0.6 is 0 Å². The van der Waals surface area contributed by atoms with Crippen LogP contribution in [0.4, 0.5) is 5.69 Å². The third kappa shape index (κ3) is 3.24. The van der Waals surface area contributed by atoms with Crippen LogP contribution in [0, 0.1) is 12.8 Å². The van der Waals surface area contributed by atoms with E-state index in [0.717, 1.165) is 19.8 Å². The summed E-state index contributed by atoms with van der Waals surface area (Å²) in [4.78, 5) is 2.32. The van der Waals surface area contributed by atoms with Crippen LogP contribution in [0.15, 0.2) is 24.3 Å². The largest absolute Gasteiger partial charge is 0.381 e. The number of likely N-dealkylation sites (N-methyl/N-ethyl adjacent to an activating group) is 2. The smallest absolute Gasteiger partial charge is 0.0510 e. The number of nitrogens with zero attached hydrogens (tertiary/aromatic N) is 1. The maximum absolute atomic E-state index is 5.48. The van der Waals surface area contributed by atoms with Gasteiger partial charge in [0.25, 0.3) is 0 Å². The molecule has 1 aliphatic rings. The summed E-state index contributed by atoms with van der Waals surface area (Å²) >= 11 is 0. The molecule has 1 heterocycles. The summed E-state index contributed by atoms with van der Waals surface area (Å²) in [6, 6.07) is 9.21. The Kier molecular flexibility index (Phi) is 4.61. The zero-order valence-corrected chi connectivity index (χ0v) is 11.6. The molecular weight excluding hydrogens is 224 g/mol. The average Bonchev–Trinajstić information content (AvgIpc) is 2.90.